The van der Waals surface area contributed by atoms with E-state index in [9.17, 15) is 12.8 Å². The van der Waals surface area contributed by atoms with Crippen LogP contribution in [0.15, 0.2) is 53.4 Å². The van der Waals surface area contributed by atoms with Crippen molar-refractivity contribution in [2.75, 3.05) is 22.7 Å². The molecule has 1 saturated heterocycles. The van der Waals surface area contributed by atoms with Gasteiger partial charge in [-0.2, -0.15) is 0 Å². The first-order valence-electron chi connectivity index (χ1n) is 7.18. The van der Waals surface area contributed by atoms with Crippen LogP contribution in [-0.4, -0.2) is 21.5 Å². The van der Waals surface area contributed by atoms with Crippen molar-refractivity contribution in [2.45, 2.75) is 17.7 Å². The number of rotatable bonds is 4. The summed E-state index contributed by atoms with van der Waals surface area (Å²) < 4.78 is 40.0. The van der Waals surface area contributed by atoms with Gasteiger partial charge in [0.05, 0.1) is 4.90 Å². The third-order valence-corrected chi connectivity index (χ3v) is 5.08. The van der Waals surface area contributed by atoms with E-state index < -0.39 is 15.8 Å². The van der Waals surface area contributed by atoms with Crippen LogP contribution in [0.2, 0.25) is 0 Å². The zero-order valence-electron chi connectivity index (χ0n) is 12.0. The number of benzene rings is 2. The minimum absolute atomic E-state index is 0.0869. The lowest BCUT2D eigenvalue weighted by Crippen LogP contribution is -2.17. The average molecular weight is 320 g/mol. The molecule has 1 fully saturated rings. The van der Waals surface area contributed by atoms with Gasteiger partial charge in [-0.25, -0.2) is 12.8 Å². The van der Waals surface area contributed by atoms with Crippen LogP contribution in [0.25, 0.3) is 0 Å². The third kappa shape index (κ3) is 3.22. The molecular formula is C16H17FN2O2S. The Morgan fingerprint density at radius 3 is 2.32 bits per heavy atom. The van der Waals surface area contributed by atoms with Crippen molar-refractivity contribution in [3.63, 3.8) is 0 Å². The van der Waals surface area contributed by atoms with Gasteiger partial charge in [0.1, 0.15) is 5.82 Å². The molecule has 22 heavy (non-hydrogen) atoms. The lowest BCUT2D eigenvalue weighted by atomic mass is 10.2. The Balaban J connectivity index is 1.77. The highest BCUT2D eigenvalue weighted by atomic mass is 32.2. The van der Waals surface area contributed by atoms with Crippen molar-refractivity contribution >= 4 is 21.4 Å². The van der Waals surface area contributed by atoms with Crippen LogP contribution in [0.5, 0.6) is 0 Å². The van der Waals surface area contributed by atoms with Crippen molar-refractivity contribution in [1.29, 1.82) is 0 Å². The molecule has 3 rings (SSSR count). The molecule has 1 N–H and O–H groups in total. The SMILES string of the molecule is O=S(=O)(Nc1ccc(N2CCCC2)cc1)c1cccc(F)c1. The van der Waals surface area contributed by atoms with Gasteiger partial charge in [-0.1, -0.05) is 6.07 Å². The van der Waals surface area contributed by atoms with Crippen LogP contribution in [-0.2, 0) is 10.0 Å². The summed E-state index contributed by atoms with van der Waals surface area (Å²) >= 11 is 0. The summed E-state index contributed by atoms with van der Waals surface area (Å²) in [5.74, 6) is -0.577. The van der Waals surface area contributed by atoms with Crippen molar-refractivity contribution in [1.82, 2.24) is 0 Å². The Labute approximate surface area is 129 Å². The molecule has 116 valence electrons. The summed E-state index contributed by atoms with van der Waals surface area (Å²) in [6.07, 6.45) is 2.38. The Bertz CT molecular complexity index is 754. The minimum atomic E-state index is -3.77. The Kier molecular flexibility index (Phi) is 4.02. The summed E-state index contributed by atoms with van der Waals surface area (Å²) in [7, 11) is -3.77. The first-order valence-corrected chi connectivity index (χ1v) is 8.66. The molecule has 6 heteroatoms. The molecule has 1 heterocycles. The third-order valence-electron chi connectivity index (χ3n) is 3.70. The maximum absolute atomic E-state index is 13.2. The zero-order chi connectivity index (χ0) is 15.6. The summed E-state index contributed by atoms with van der Waals surface area (Å²) in [6, 6.07) is 12.2. The van der Waals surface area contributed by atoms with Gasteiger partial charge in [0.25, 0.3) is 10.0 Å². The standard InChI is InChI=1S/C16H17FN2O2S/c17-13-4-3-5-16(12-13)22(20,21)18-14-6-8-15(9-7-14)19-10-1-2-11-19/h3-9,12,18H,1-2,10-11H2. The van der Waals surface area contributed by atoms with E-state index in [1.165, 1.54) is 31.0 Å². The van der Waals surface area contributed by atoms with E-state index in [0.29, 0.717) is 5.69 Å². The Morgan fingerprint density at radius 2 is 1.68 bits per heavy atom. The van der Waals surface area contributed by atoms with E-state index in [1.807, 2.05) is 12.1 Å². The summed E-state index contributed by atoms with van der Waals surface area (Å²) in [4.78, 5) is 2.18. The maximum Gasteiger partial charge on any atom is 0.261 e. The minimum Gasteiger partial charge on any atom is -0.372 e. The van der Waals surface area contributed by atoms with Gasteiger partial charge >= 0.3 is 0 Å². The van der Waals surface area contributed by atoms with E-state index in [0.717, 1.165) is 24.8 Å². The Morgan fingerprint density at radius 1 is 1.00 bits per heavy atom. The molecule has 0 atom stereocenters. The van der Waals surface area contributed by atoms with Crippen molar-refractivity contribution in [3.05, 3.63) is 54.3 Å². The second-order valence-electron chi connectivity index (χ2n) is 5.30. The molecule has 0 amide bonds. The molecule has 0 bridgehead atoms. The molecule has 0 spiro atoms. The van der Waals surface area contributed by atoms with Crippen LogP contribution in [0.1, 0.15) is 12.8 Å². The molecular weight excluding hydrogens is 303 g/mol. The summed E-state index contributed by atoms with van der Waals surface area (Å²) in [5.41, 5.74) is 1.55. The maximum atomic E-state index is 13.2. The predicted molar refractivity (Wildman–Crippen MR) is 85.1 cm³/mol. The molecule has 0 aliphatic carbocycles. The van der Waals surface area contributed by atoms with Crippen molar-refractivity contribution in [3.8, 4) is 0 Å². The number of halogens is 1. The number of nitrogens with zero attached hydrogens (tertiary/aromatic N) is 1. The van der Waals surface area contributed by atoms with Gasteiger partial charge < -0.3 is 4.90 Å². The topological polar surface area (TPSA) is 49.4 Å². The van der Waals surface area contributed by atoms with Crippen LogP contribution >= 0.6 is 0 Å². The van der Waals surface area contributed by atoms with Crippen LogP contribution in [0.4, 0.5) is 15.8 Å². The van der Waals surface area contributed by atoms with Gasteiger partial charge in [0.2, 0.25) is 0 Å². The molecule has 2 aromatic rings. The largest absolute Gasteiger partial charge is 0.372 e. The first-order chi connectivity index (χ1) is 10.5. The van der Waals surface area contributed by atoms with Crippen molar-refractivity contribution in [2.24, 2.45) is 0 Å². The predicted octanol–water partition coefficient (Wildman–Crippen LogP) is 3.23. The summed E-state index contributed by atoms with van der Waals surface area (Å²) in [6.45, 7) is 2.07. The average Bonchev–Trinajstić information content (AvgIpc) is 3.02. The molecule has 1 aliphatic rings. The van der Waals surface area contributed by atoms with Crippen LogP contribution in [0, 0.1) is 5.82 Å². The molecule has 1 aliphatic heterocycles. The summed E-state index contributed by atoms with van der Waals surface area (Å²) in [5, 5.41) is 0. The zero-order valence-corrected chi connectivity index (χ0v) is 12.8. The highest BCUT2D eigenvalue weighted by molar-refractivity contribution is 7.92. The van der Waals surface area contributed by atoms with Gasteiger partial charge in [0, 0.05) is 24.5 Å². The number of sulfonamides is 1. The number of nitrogens with one attached hydrogen (secondary N) is 1. The molecule has 0 radical (unpaired) electrons. The molecule has 0 saturated carbocycles. The fourth-order valence-electron chi connectivity index (χ4n) is 2.56. The van der Waals surface area contributed by atoms with Gasteiger partial charge in [0.15, 0.2) is 0 Å². The highest BCUT2D eigenvalue weighted by Crippen LogP contribution is 2.23. The first kappa shape index (κ1) is 14.8. The molecule has 2 aromatic carbocycles. The number of hydrogen-bond donors (Lipinski definition) is 1. The molecule has 0 aromatic heterocycles. The van der Waals surface area contributed by atoms with Crippen molar-refractivity contribution < 1.29 is 12.8 Å². The second kappa shape index (κ2) is 5.96. The molecule has 4 nitrogen and oxygen atoms in total. The Hall–Kier alpha value is -2.08. The second-order valence-corrected chi connectivity index (χ2v) is 6.99. The van der Waals surface area contributed by atoms with Gasteiger partial charge in [-0.15, -0.1) is 0 Å². The fraction of sp³-hybridized carbons (Fsp3) is 0.250. The van der Waals surface area contributed by atoms with Gasteiger partial charge in [-0.3, -0.25) is 4.72 Å². The van der Waals surface area contributed by atoms with Gasteiger partial charge in [-0.05, 0) is 55.3 Å². The highest BCUT2D eigenvalue weighted by Gasteiger charge is 2.16. The smallest absolute Gasteiger partial charge is 0.261 e. The molecule has 0 unspecified atom stereocenters. The quantitative estimate of drug-likeness (QED) is 0.941. The lowest BCUT2D eigenvalue weighted by molar-refractivity contribution is 0.595. The normalized spacial score (nSPS) is 15.0. The lowest BCUT2D eigenvalue weighted by Gasteiger charge is -2.18. The van der Waals surface area contributed by atoms with E-state index in [1.54, 1.807) is 12.1 Å². The van der Waals surface area contributed by atoms with E-state index in [2.05, 4.69) is 9.62 Å². The van der Waals surface area contributed by atoms with Crippen LogP contribution < -0.4 is 9.62 Å². The number of hydrogen-bond acceptors (Lipinski definition) is 3. The fourth-order valence-corrected chi connectivity index (χ4v) is 3.65. The van der Waals surface area contributed by atoms with E-state index in [-0.39, 0.29) is 4.90 Å². The van der Waals surface area contributed by atoms with Crippen LogP contribution in [0.3, 0.4) is 0 Å². The van der Waals surface area contributed by atoms with E-state index in [4.69, 9.17) is 0 Å². The van der Waals surface area contributed by atoms with E-state index >= 15 is 0 Å². The number of anilines is 2. The monoisotopic (exact) mass is 320 g/mol.